The van der Waals surface area contributed by atoms with Gasteiger partial charge in [0.25, 0.3) is 0 Å². The van der Waals surface area contributed by atoms with Gasteiger partial charge in [-0.1, -0.05) is 18.6 Å². The maximum absolute atomic E-state index is 13.0. The molecule has 4 rings (SSSR count). The molecule has 1 unspecified atom stereocenters. The minimum atomic E-state index is -0.0416. The van der Waals surface area contributed by atoms with Gasteiger partial charge in [-0.25, -0.2) is 4.98 Å². The Kier molecular flexibility index (Phi) is 6.49. The van der Waals surface area contributed by atoms with E-state index in [9.17, 15) is 4.79 Å². The standard InChI is InChI=1S/C23H31N3O3/c1-28-19-9-7-8-18(14-19)15-20-16-24-23(29-20)21-10-3-6-13-26(21)22(27)17-25-11-4-2-5-12-25/h7-9,14,16,21H,2-6,10-13,15,17H2,1H3. The van der Waals surface area contributed by atoms with Crippen LogP contribution in [0.4, 0.5) is 0 Å². The average Bonchev–Trinajstić information content (AvgIpc) is 3.23. The molecule has 156 valence electrons. The fourth-order valence-corrected chi connectivity index (χ4v) is 4.43. The normalized spacial score (nSPS) is 20.6. The number of nitrogens with zero attached hydrogens (tertiary/aromatic N) is 3. The van der Waals surface area contributed by atoms with Crippen molar-refractivity contribution >= 4 is 5.91 Å². The zero-order valence-electron chi connectivity index (χ0n) is 17.3. The minimum Gasteiger partial charge on any atom is -0.497 e. The van der Waals surface area contributed by atoms with Crippen molar-refractivity contribution in [2.24, 2.45) is 0 Å². The van der Waals surface area contributed by atoms with E-state index in [1.807, 2.05) is 23.1 Å². The van der Waals surface area contributed by atoms with E-state index in [0.29, 0.717) is 18.9 Å². The van der Waals surface area contributed by atoms with Crippen molar-refractivity contribution < 1.29 is 13.9 Å². The molecule has 2 fully saturated rings. The van der Waals surface area contributed by atoms with Crippen LogP contribution >= 0.6 is 0 Å². The van der Waals surface area contributed by atoms with E-state index in [1.165, 1.54) is 19.3 Å². The number of benzene rings is 1. The third kappa shape index (κ3) is 4.99. The molecule has 6 nitrogen and oxygen atoms in total. The lowest BCUT2D eigenvalue weighted by molar-refractivity contribution is -0.137. The number of hydrogen-bond donors (Lipinski definition) is 0. The van der Waals surface area contributed by atoms with E-state index in [2.05, 4.69) is 16.0 Å². The van der Waals surface area contributed by atoms with Crippen LogP contribution < -0.4 is 4.74 Å². The van der Waals surface area contributed by atoms with Gasteiger partial charge in [0.05, 0.1) is 19.9 Å². The van der Waals surface area contributed by atoms with E-state index in [1.54, 1.807) is 13.3 Å². The number of hydrogen-bond acceptors (Lipinski definition) is 5. The highest BCUT2D eigenvalue weighted by Crippen LogP contribution is 2.31. The van der Waals surface area contributed by atoms with Crippen molar-refractivity contribution in [2.45, 2.75) is 51.0 Å². The van der Waals surface area contributed by atoms with E-state index in [0.717, 1.165) is 56.0 Å². The Hall–Kier alpha value is -2.34. The summed E-state index contributed by atoms with van der Waals surface area (Å²) in [6.07, 6.45) is 9.23. The fraction of sp³-hybridized carbons (Fsp3) is 0.565. The summed E-state index contributed by atoms with van der Waals surface area (Å²) in [6.45, 7) is 3.39. The van der Waals surface area contributed by atoms with Gasteiger partial charge in [-0.3, -0.25) is 9.69 Å². The van der Waals surface area contributed by atoms with Crippen molar-refractivity contribution in [3.63, 3.8) is 0 Å². The molecule has 0 spiro atoms. The van der Waals surface area contributed by atoms with Gasteiger partial charge in [-0.2, -0.15) is 0 Å². The summed E-state index contributed by atoms with van der Waals surface area (Å²) in [6, 6.07) is 7.94. The highest BCUT2D eigenvalue weighted by atomic mass is 16.5. The first-order chi connectivity index (χ1) is 14.2. The highest BCUT2D eigenvalue weighted by Gasteiger charge is 2.32. The van der Waals surface area contributed by atoms with E-state index in [-0.39, 0.29) is 11.9 Å². The molecule has 2 aliphatic heterocycles. The molecule has 2 saturated heterocycles. The largest absolute Gasteiger partial charge is 0.497 e. The van der Waals surface area contributed by atoms with Crippen LogP contribution in [0.15, 0.2) is 34.9 Å². The molecular formula is C23H31N3O3. The van der Waals surface area contributed by atoms with Gasteiger partial charge < -0.3 is 14.1 Å². The molecular weight excluding hydrogens is 366 g/mol. The number of aromatic nitrogens is 1. The van der Waals surface area contributed by atoms with Crippen molar-refractivity contribution in [3.05, 3.63) is 47.7 Å². The lowest BCUT2D eigenvalue weighted by atomic mass is 10.0. The minimum absolute atomic E-state index is 0.0416. The van der Waals surface area contributed by atoms with Crippen LogP contribution in [0.25, 0.3) is 0 Å². The summed E-state index contributed by atoms with van der Waals surface area (Å²) in [5, 5.41) is 0. The predicted molar refractivity (Wildman–Crippen MR) is 111 cm³/mol. The Morgan fingerprint density at radius 2 is 2.00 bits per heavy atom. The summed E-state index contributed by atoms with van der Waals surface area (Å²) in [7, 11) is 1.67. The predicted octanol–water partition coefficient (Wildman–Crippen LogP) is 3.81. The first kappa shape index (κ1) is 20.0. The number of likely N-dealkylation sites (tertiary alicyclic amines) is 2. The number of piperidine rings is 2. The van der Waals surface area contributed by atoms with Gasteiger partial charge in [0, 0.05) is 13.0 Å². The van der Waals surface area contributed by atoms with Gasteiger partial charge in [-0.05, 0) is 62.9 Å². The summed E-state index contributed by atoms with van der Waals surface area (Å²) in [4.78, 5) is 21.9. The van der Waals surface area contributed by atoms with E-state index in [4.69, 9.17) is 9.15 Å². The first-order valence-corrected chi connectivity index (χ1v) is 10.8. The molecule has 1 aromatic heterocycles. The quantitative estimate of drug-likeness (QED) is 0.742. The third-order valence-electron chi connectivity index (χ3n) is 6.00. The molecule has 0 radical (unpaired) electrons. The average molecular weight is 398 g/mol. The zero-order valence-corrected chi connectivity index (χ0v) is 17.3. The van der Waals surface area contributed by atoms with Crippen molar-refractivity contribution in [3.8, 4) is 5.75 Å². The molecule has 1 aromatic carbocycles. The lowest BCUT2D eigenvalue weighted by Crippen LogP contribution is -2.45. The monoisotopic (exact) mass is 397 g/mol. The molecule has 2 aliphatic rings. The highest BCUT2D eigenvalue weighted by molar-refractivity contribution is 5.78. The summed E-state index contributed by atoms with van der Waals surface area (Å²) >= 11 is 0. The van der Waals surface area contributed by atoms with Gasteiger partial charge in [0.2, 0.25) is 11.8 Å². The van der Waals surface area contributed by atoms with E-state index >= 15 is 0 Å². The summed E-state index contributed by atoms with van der Waals surface area (Å²) < 4.78 is 11.4. The smallest absolute Gasteiger partial charge is 0.237 e. The number of carbonyl (C=O) groups is 1. The SMILES string of the molecule is COc1cccc(Cc2cnc(C3CCCCN3C(=O)CN3CCCCC3)o2)c1. The molecule has 2 aromatic rings. The molecule has 0 aliphatic carbocycles. The number of oxazole rings is 1. The molecule has 6 heteroatoms. The Morgan fingerprint density at radius 3 is 2.83 bits per heavy atom. The van der Waals surface area contributed by atoms with Gasteiger partial charge in [-0.15, -0.1) is 0 Å². The number of amides is 1. The van der Waals surface area contributed by atoms with Crippen molar-refractivity contribution in [1.82, 2.24) is 14.8 Å². The third-order valence-corrected chi connectivity index (χ3v) is 6.00. The maximum atomic E-state index is 13.0. The van der Waals surface area contributed by atoms with Crippen LogP contribution in [-0.4, -0.2) is 54.0 Å². The Morgan fingerprint density at radius 1 is 1.17 bits per heavy atom. The van der Waals surface area contributed by atoms with Crippen LogP contribution in [0.1, 0.15) is 61.8 Å². The van der Waals surface area contributed by atoms with Gasteiger partial charge in [0.15, 0.2) is 0 Å². The van der Waals surface area contributed by atoms with Gasteiger partial charge in [0.1, 0.15) is 17.6 Å². The Balaban J connectivity index is 1.43. The fourth-order valence-electron chi connectivity index (χ4n) is 4.43. The molecule has 0 saturated carbocycles. The lowest BCUT2D eigenvalue weighted by Gasteiger charge is -2.36. The van der Waals surface area contributed by atoms with Crippen LogP contribution in [0.2, 0.25) is 0 Å². The number of methoxy groups -OCH3 is 1. The van der Waals surface area contributed by atoms with Crippen molar-refractivity contribution in [2.75, 3.05) is 33.3 Å². The molecule has 29 heavy (non-hydrogen) atoms. The van der Waals surface area contributed by atoms with Crippen LogP contribution in [-0.2, 0) is 11.2 Å². The first-order valence-electron chi connectivity index (χ1n) is 10.8. The van der Waals surface area contributed by atoms with E-state index < -0.39 is 0 Å². The number of rotatable bonds is 6. The maximum Gasteiger partial charge on any atom is 0.237 e. The molecule has 3 heterocycles. The van der Waals surface area contributed by atoms with Gasteiger partial charge >= 0.3 is 0 Å². The Labute approximate surface area is 172 Å². The topological polar surface area (TPSA) is 58.8 Å². The molecule has 0 N–H and O–H groups in total. The second-order valence-corrected chi connectivity index (χ2v) is 8.13. The summed E-state index contributed by atoms with van der Waals surface area (Å²) in [5.41, 5.74) is 1.12. The van der Waals surface area contributed by atoms with Crippen LogP contribution in [0.5, 0.6) is 5.75 Å². The molecule has 1 atom stereocenters. The second kappa shape index (κ2) is 9.44. The van der Waals surface area contributed by atoms with Crippen LogP contribution in [0.3, 0.4) is 0 Å². The zero-order chi connectivity index (χ0) is 20.1. The number of ether oxygens (including phenoxy) is 1. The summed E-state index contributed by atoms with van der Waals surface area (Å²) in [5.74, 6) is 2.55. The molecule has 1 amide bonds. The Bertz CT molecular complexity index is 813. The second-order valence-electron chi connectivity index (χ2n) is 8.13. The molecule has 0 bridgehead atoms. The van der Waals surface area contributed by atoms with Crippen molar-refractivity contribution in [1.29, 1.82) is 0 Å². The van der Waals surface area contributed by atoms with Crippen LogP contribution in [0, 0.1) is 0 Å². The number of carbonyl (C=O) groups excluding carboxylic acids is 1.